The summed E-state index contributed by atoms with van der Waals surface area (Å²) in [7, 11) is 0. The molecule has 0 bridgehead atoms. The van der Waals surface area contributed by atoms with Crippen LogP contribution in [0.15, 0.2) is 29.4 Å². The summed E-state index contributed by atoms with van der Waals surface area (Å²) in [5, 5.41) is 15.5. The second-order valence-corrected chi connectivity index (χ2v) is 5.37. The molecule has 0 unspecified atom stereocenters. The van der Waals surface area contributed by atoms with Crippen molar-refractivity contribution < 1.29 is 4.79 Å². The van der Waals surface area contributed by atoms with Crippen LogP contribution in [0.25, 0.3) is 5.69 Å². The smallest absolute Gasteiger partial charge is 0.230 e. The van der Waals surface area contributed by atoms with Gasteiger partial charge in [-0.25, -0.2) is 0 Å². The van der Waals surface area contributed by atoms with E-state index in [1.165, 1.54) is 11.8 Å². The van der Waals surface area contributed by atoms with E-state index < -0.39 is 0 Å². The lowest BCUT2D eigenvalue weighted by Gasteiger charge is -2.05. The van der Waals surface area contributed by atoms with Crippen molar-refractivity contribution in [3.05, 3.63) is 29.3 Å². The molecule has 2 aromatic rings. The van der Waals surface area contributed by atoms with Gasteiger partial charge in [0.15, 0.2) is 0 Å². The fourth-order valence-corrected chi connectivity index (χ4v) is 2.31. The zero-order valence-corrected chi connectivity index (χ0v) is 12.5. The Kier molecular flexibility index (Phi) is 5.37. The fraction of sp³-hybridized carbons (Fsp3) is 0.333. The number of tetrazole rings is 1. The Bertz CT molecular complexity index is 571. The van der Waals surface area contributed by atoms with Crippen molar-refractivity contribution in [3.63, 3.8) is 0 Å². The van der Waals surface area contributed by atoms with E-state index in [0.29, 0.717) is 16.7 Å². The first-order chi connectivity index (χ1) is 9.70. The van der Waals surface area contributed by atoms with E-state index in [1.807, 2.05) is 19.1 Å². The highest BCUT2D eigenvalue weighted by Crippen LogP contribution is 2.19. The molecule has 1 aromatic carbocycles. The van der Waals surface area contributed by atoms with Gasteiger partial charge in [0.2, 0.25) is 11.1 Å². The molecule has 0 radical (unpaired) electrons. The first-order valence-corrected chi connectivity index (χ1v) is 7.51. The Hall–Kier alpha value is -1.60. The first-order valence-electron chi connectivity index (χ1n) is 6.14. The Morgan fingerprint density at radius 1 is 1.40 bits per heavy atom. The van der Waals surface area contributed by atoms with Crippen LogP contribution >= 0.6 is 23.4 Å². The number of aromatic nitrogens is 4. The largest absolute Gasteiger partial charge is 0.355 e. The maximum atomic E-state index is 11.6. The third kappa shape index (κ3) is 3.94. The van der Waals surface area contributed by atoms with Crippen LogP contribution in [-0.4, -0.2) is 38.4 Å². The van der Waals surface area contributed by atoms with Crippen molar-refractivity contribution in [2.75, 3.05) is 12.3 Å². The Morgan fingerprint density at radius 3 is 2.85 bits per heavy atom. The van der Waals surface area contributed by atoms with Gasteiger partial charge in [-0.1, -0.05) is 30.3 Å². The average Bonchev–Trinajstić information content (AvgIpc) is 2.92. The molecule has 0 atom stereocenters. The molecule has 106 valence electrons. The predicted octanol–water partition coefficient (Wildman–Crippen LogP) is 1.93. The zero-order valence-electron chi connectivity index (χ0n) is 10.9. The quantitative estimate of drug-likeness (QED) is 0.825. The van der Waals surface area contributed by atoms with E-state index in [4.69, 9.17) is 11.6 Å². The van der Waals surface area contributed by atoms with E-state index in [2.05, 4.69) is 20.8 Å². The highest BCUT2D eigenvalue weighted by Gasteiger charge is 2.11. The number of carbonyl (C=O) groups excluding carboxylic acids is 1. The van der Waals surface area contributed by atoms with Gasteiger partial charge in [-0.05, 0) is 41.1 Å². The summed E-state index contributed by atoms with van der Waals surface area (Å²) < 4.78 is 1.58. The molecular weight excluding hydrogens is 298 g/mol. The van der Waals surface area contributed by atoms with Gasteiger partial charge in [0.1, 0.15) is 0 Å². The number of benzene rings is 1. The number of hydrogen-bond acceptors (Lipinski definition) is 5. The van der Waals surface area contributed by atoms with Gasteiger partial charge in [-0.3, -0.25) is 4.79 Å². The van der Waals surface area contributed by atoms with Crippen molar-refractivity contribution >= 4 is 29.3 Å². The number of amides is 1. The van der Waals surface area contributed by atoms with E-state index in [1.54, 1.807) is 16.8 Å². The molecule has 6 nitrogen and oxygen atoms in total. The molecule has 2 rings (SSSR count). The first kappa shape index (κ1) is 14.8. The number of hydrogen-bond donors (Lipinski definition) is 1. The normalized spacial score (nSPS) is 10.5. The zero-order chi connectivity index (χ0) is 14.4. The molecule has 0 aliphatic rings. The molecule has 0 aliphatic carbocycles. The third-order valence-electron chi connectivity index (χ3n) is 2.42. The highest BCUT2D eigenvalue weighted by atomic mass is 35.5. The standard InChI is InChI=1S/C12H14ClN5OS/c1-2-7-14-11(19)8-20-12-15-16-17-18(12)10-5-3-9(13)4-6-10/h3-6H,2,7-8H2,1H3,(H,14,19). The van der Waals surface area contributed by atoms with E-state index in [9.17, 15) is 4.79 Å². The third-order valence-corrected chi connectivity index (χ3v) is 3.59. The van der Waals surface area contributed by atoms with E-state index >= 15 is 0 Å². The molecule has 0 aliphatic heterocycles. The number of nitrogens with one attached hydrogen (secondary N) is 1. The summed E-state index contributed by atoms with van der Waals surface area (Å²) in [6.45, 7) is 2.69. The number of rotatable bonds is 6. The number of thioether (sulfide) groups is 1. The maximum Gasteiger partial charge on any atom is 0.230 e. The Morgan fingerprint density at radius 2 is 2.15 bits per heavy atom. The predicted molar refractivity (Wildman–Crippen MR) is 78.2 cm³/mol. The van der Waals surface area contributed by atoms with Crippen LogP contribution in [0.2, 0.25) is 5.02 Å². The lowest BCUT2D eigenvalue weighted by atomic mass is 10.3. The second-order valence-electron chi connectivity index (χ2n) is 3.99. The van der Waals surface area contributed by atoms with Gasteiger partial charge in [-0.15, -0.1) is 5.10 Å². The van der Waals surface area contributed by atoms with Crippen molar-refractivity contribution in [2.45, 2.75) is 18.5 Å². The molecule has 0 saturated heterocycles. The lowest BCUT2D eigenvalue weighted by molar-refractivity contribution is -0.118. The van der Waals surface area contributed by atoms with Gasteiger partial charge in [0.05, 0.1) is 11.4 Å². The highest BCUT2D eigenvalue weighted by molar-refractivity contribution is 7.99. The Balaban J connectivity index is 2.02. The minimum Gasteiger partial charge on any atom is -0.355 e. The van der Waals surface area contributed by atoms with Gasteiger partial charge in [-0.2, -0.15) is 4.68 Å². The van der Waals surface area contributed by atoms with Crippen molar-refractivity contribution in [2.24, 2.45) is 0 Å². The number of nitrogens with zero attached hydrogens (tertiary/aromatic N) is 4. The summed E-state index contributed by atoms with van der Waals surface area (Å²) in [4.78, 5) is 11.6. The van der Waals surface area contributed by atoms with Gasteiger partial charge in [0.25, 0.3) is 0 Å². The minimum absolute atomic E-state index is 0.0255. The summed E-state index contributed by atoms with van der Waals surface area (Å²) >= 11 is 7.14. The molecule has 0 fully saturated rings. The van der Waals surface area contributed by atoms with Crippen LogP contribution in [0.3, 0.4) is 0 Å². The van der Waals surface area contributed by atoms with Gasteiger partial charge < -0.3 is 5.32 Å². The average molecular weight is 312 g/mol. The van der Waals surface area contributed by atoms with E-state index in [-0.39, 0.29) is 11.7 Å². The van der Waals surface area contributed by atoms with Crippen LogP contribution in [-0.2, 0) is 4.79 Å². The molecule has 0 saturated carbocycles. The van der Waals surface area contributed by atoms with Crippen molar-refractivity contribution in [3.8, 4) is 5.69 Å². The van der Waals surface area contributed by atoms with Crippen molar-refractivity contribution in [1.29, 1.82) is 0 Å². The molecule has 1 aromatic heterocycles. The molecule has 8 heteroatoms. The summed E-state index contributed by atoms with van der Waals surface area (Å²) in [6, 6.07) is 7.17. The van der Waals surface area contributed by atoms with Crippen LogP contribution in [0, 0.1) is 0 Å². The van der Waals surface area contributed by atoms with Crippen LogP contribution < -0.4 is 5.32 Å². The molecule has 20 heavy (non-hydrogen) atoms. The Labute approximate surface area is 125 Å². The van der Waals surface area contributed by atoms with Crippen LogP contribution in [0.4, 0.5) is 0 Å². The van der Waals surface area contributed by atoms with E-state index in [0.717, 1.165) is 12.1 Å². The monoisotopic (exact) mass is 311 g/mol. The van der Waals surface area contributed by atoms with Crippen molar-refractivity contribution in [1.82, 2.24) is 25.5 Å². The van der Waals surface area contributed by atoms with Gasteiger partial charge >= 0.3 is 0 Å². The van der Waals surface area contributed by atoms with Crippen LogP contribution in [0.1, 0.15) is 13.3 Å². The molecule has 1 amide bonds. The topological polar surface area (TPSA) is 72.7 Å². The SMILES string of the molecule is CCCNC(=O)CSc1nnnn1-c1ccc(Cl)cc1. The lowest BCUT2D eigenvalue weighted by Crippen LogP contribution is -2.25. The minimum atomic E-state index is -0.0255. The second kappa shape index (κ2) is 7.25. The fourth-order valence-electron chi connectivity index (χ4n) is 1.46. The molecular formula is C12H14ClN5OS. The van der Waals surface area contributed by atoms with Gasteiger partial charge in [0, 0.05) is 11.6 Å². The van der Waals surface area contributed by atoms with Crippen LogP contribution in [0.5, 0.6) is 0 Å². The maximum absolute atomic E-state index is 11.6. The molecule has 1 N–H and O–H groups in total. The number of halogens is 1. The number of carbonyl (C=O) groups is 1. The summed E-state index contributed by atoms with van der Waals surface area (Å²) in [5.41, 5.74) is 0.802. The molecule has 0 spiro atoms. The summed E-state index contributed by atoms with van der Waals surface area (Å²) in [5.74, 6) is 0.260. The summed E-state index contributed by atoms with van der Waals surface area (Å²) in [6.07, 6.45) is 0.916. The molecule has 1 heterocycles.